The van der Waals surface area contributed by atoms with Crippen molar-refractivity contribution >= 4 is 0 Å². The minimum absolute atomic E-state index is 0.0601. The zero-order chi connectivity index (χ0) is 10.4. The Morgan fingerprint density at radius 3 is 1.92 bits per heavy atom. The normalized spacial score (nSPS) is 16.6. The highest BCUT2D eigenvalue weighted by molar-refractivity contribution is 4.82. The van der Waals surface area contributed by atoms with Crippen LogP contribution in [0.3, 0.4) is 0 Å². The number of likely N-dealkylation sites (N-methyl/N-ethyl adjacent to an activating group) is 1. The summed E-state index contributed by atoms with van der Waals surface area (Å²) in [7, 11) is 0. The molecule has 0 aliphatic carbocycles. The highest BCUT2D eigenvalue weighted by Crippen LogP contribution is 2.09. The molecule has 0 aromatic rings. The molecule has 3 N–H and O–H groups in total. The van der Waals surface area contributed by atoms with Gasteiger partial charge >= 0.3 is 0 Å². The lowest BCUT2D eigenvalue weighted by atomic mass is 9.96. The summed E-state index contributed by atoms with van der Waals surface area (Å²) in [6.07, 6.45) is 0. The van der Waals surface area contributed by atoms with E-state index in [0.29, 0.717) is 5.92 Å². The van der Waals surface area contributed by atoms with Crippen LogP contribution >= 0.6 is 0 Å². The predicted molar refractivity (Wildman–Crippen MR) is 56.6 cm³/mol. The number of nitrogens with two attached hydrogens (primary N) is 1. The number of aliphatic hydroxyl groups is 1. The molecule has 0 aliphatic heterocycles. The van der Waals surface area contributed by atoms with Crippen LogP contribution < -0.4 is 5.73 Å². The van der Waals surface area contributed by atoms with Crippen molar-refractivity contribution in [3.63, 3.8) is 0 Å². The maximum absolute atomic E-state index is 9.26. The molecule has 0 saturated heterocycles. The van der Waals surface area contributed by atoms with Crippen LogP contribution in [0.5, 0.6) is 0 Å². The van der Waals surface area contributed by atoms with Gasteiger partial charge in [0.25, 0.3) is 0 Å². The lowest BCUT2D eigenvalue weighted by Crippen LogP contribution is -2.52. The van der Waals surface area contributed by atoms with Gasteiger partial charge in [-0.15, -0.1) is 0 Å². The molecule has 0 fully saturated rings. The van der Waals surface area contributed by atoms with Gasteiger partial charge in [0, 0.05) is 12.1 Å². The van der Waals surface area contributed by atoms with Gasteiger partial charge in [-0.25, -0.2) is 0 Å². The van der Waals surface area contributed by atoms with Gasteiger partial charge in [-0.1, -0.05) is 27.7 Å². The molecule has 0 saturated carbocycles. The van der Waals surface area contributed by atoms with E-state index in [1.54, 1.807) is 0 Å². The molecule has 0 heterocycles. The number of hydrogen-bond donors (Lipinski definition) is 2. The topological polar surface area (TPSA) is 49.5 Å². The van der Waals surface area contributed by atoms with E-state index in [1.165, 1.54) is 0 Å². The number of rotatable bonds is 6. The Hall–Kier alpha value is -0.120. The van der Waals surface area contributed by atoms with E-state index in [-0.39, 0.29) is 18.7 Å². The Morgan fingerprint density at radius 1 is 1.23 bits per heavy atom. The summed E-state index contributed by atoms with van der Waals surface area (Å²) >= 11 is 0. The monoisotopic (exact) mass is 188 g/mol. The van der Waals surface area contributed by atoms with Gasteiger partial charge in [0.1, 0.15) is 0 Å². The van der Waals surface area contributed by atoms with Crippen molar-refractivity contribution in [1.82, 2.24) is 4.90 Å². The lowest BCUT2D eigenvalue weighted by molar-refractivity contribution is 0.100. The summed E-state index contributed by atoms with van der Waals surface area (Å²) in [6.45, 7) is 10.4. The standard InChI is InChI=1S/C10H24N2O/c1-5-12(6-2)9(7-13)10(11)8(3)4/h8-10,13H,5-7,11H2,1-4H3. The Kier molecular flexibility index (Phi) is 6.29. The fourth-order valence-electron chi connectivity index (χ4n) is 1.62. The van der Waals surface area contributed by atoms with Crippen LogP contribution in [0.4, 0.5) is 0 Å². The third-order valence-electron chi connectivity index (χ3n) is 2.68. The van der Waals surface area contributed by atoms with Crippen molar-refractivity contribution in [2.75, 3.05) is 19.7 Å². The second-order valence-corrected chi connectivity index (χ2v) is 3.79. The average Bonchev–Trinajstić information content (AvgIpc) is 2.12. The number of nitrogens with zero attached hydrogens (tertiary/aromatic N) is 1. The summed E-state index contributed by atoms with van der Waals surface area (Å²) in [5.74, 6) is 0.415. The molecule has 3 nitrogen and oxygen atoms in total. The first kappa shape index (κ1) is 12.9. The first-order chi connectivity index (χ1) is 6.08. The lowest BCUT2D eigenvalue weighted by Gasteiger charge is -2.34. The highest BCUT2D eigenvalue weighted by Gasteiger charge is 2.24. The molecule has 0 aliphatic rings. The summed E-state index contributed by atoms with van der Waals surface area (Å²) in [5.41, 5.74) is 6.02. The third-order valence-corrected chi connectivity index (χ3v) is 2.68. The van der Waals surface area contributed by atoms with E-state index >= 15 is 0 Å². The molecule has 0 spiro atoms. The molecule has 2 unspecified atom stereocenters. The molecule has 13 heavy (non-hydrogen) atoms. The van der Waals surface area contributed by atoms with E-state index in [4.69, 9.17) is 5.73 Å². The van der Waals surface area contributed by atoms with Crippen LogP contribution in [0.25, 0.3) is 0 Å². The van der Waals surface area contributed by atoms with E-state index in [9.17, 15) is 5.11 Å². The molecule has 0 bridgehead atoms. The second-order valence-electron chi connectivity index (χ2n) is 3.79. The molecule has 0 aromatic carbocycles. The molecule has 0 rings (SSSR count). The van der Waals surface area contributed by atoms with Crippen LogP contribution in [-0.4, -0.2) is 41.8 Å². The van der Waals surface area contributed by atoms with Gasteiger partial charge < -0.3 is 10.8 Å². The van der Waals surface area contributed by atoms with E-state index < -0.39 is 0 Å². The Morgan fingerprint density at radius 2 is 1.69 bits per heavy atom. The van der Waals surface area contributed by atoms with Crippen LogP contribution in [-0.2, 0) is 0 Å². The number of aliphatic hydroxyl groups excluding tert-OH is 1. The van der Waals surface area contributed by atoms with Gasteiger partial charge in [0.2, 0.25) is 0 Å². The maximum atomic E-state index is 9.26. The van der Waals surface area contributed by atoms with Crippen molar-refractivity contribution in [3.8, 4) is 0 Å². The van der Waals surface area contributed by atoms with Gasteiger partial charge in [-0.05, 0) is 19.0 Å². The fourth-order valence-corrected chi connectivity index (χ4v) is 1.62. The summed E-state index contributed by atoms with van der Waals surface area (Å²) in [5, 5.41) is 9.26. The minimum Gasteiger partial charge on any atom is -0.395 e. The zero-order valence-corrected chi connectivity index (χ0v) is 9.33. The summed E-state index contributed by atoms with van der Waals surface area (Å²) in [6, 6.07) is 0.167. The first-order valence-corrected chi connectivity index (χ1v) is 5.18. The SMILES string of the molecule is CCN(CC)C(CO)C(N)C(C)C. The van der Waals surface area contributed by atoms with Crippen molar-refractivity contribution in [1.29, 1.82) is 0 Å². The Labute approximate surface area is 81.9 Å². The average molecular weight is 188 g/mol. The molecule has 0 aromatic heterocycles. The first-order valence-electron chi connectivity index (χ1n) is 5.18. The van der Waals surface area contributed by atoms with E-state index in [2.05, 4.69) is 32.6 Å². The highest BCUT2D eigenvalue weighted by atomic mass is 16.3. The van der Waals surface area contributed by atoms with Gasteiger partial charge in [-0.3, -0.25) is 4.90 Å². The van der Waals surface area contributed by atoms with Gasteiger partial charge in [0.05, 0.1) is 6.61 Å². The maximum Gasteiger partial charge on any atom is 0.0602 e. The van der Waals surface area contributed by atoms with Crippen molar-refractivity contribution in [2.45, 2.75) is 39.8 Å². The van der Waals surface area contributed by atoms with Crippen LogP contribution in [0.1, 0.15) is 27.7 Å². The Balaban J connectivity index is 4.29. The molecule has 2 atom stereocenters. The molecule has 0 amide bonds. The summed E-state index contributed by atoms with van der Waals surface area (Å²) in [4.78, 5) is 2.21. The number of hydrogen-bond acceptors (Lipinski definition) is 3. The fraction of sp³-hybridized carbons (Fsp3) is 1.00. The van der Waals surface area contributed by atoms with E-state index in [1.807, 2.05) is 0 Å². The summed E-state index contributed by atoms with van der Waals surface area (Å²) < 4.78 is 0. The molecular weight excluding hydrogens is 164 g/mol. The van der Waals surface area contributed by atoms with Gasteiger partial charge in [-0.2, -0.15) is 0 Å². The quantitative estimate of drug-likeness (QED) is 0.644. The minimum atomic E-state index is 0.0601. The molecular formula is C10H24N2O. The molecule has 3 heteroatoms. The molecule has 80 valence electrons. The van der Waals surface area contributed by atoms with Crippen LogP contribution in [0.15, 0.2) is 0 Å². The van der Waals surface area contributed by atoms with Gasteiger partial charge in [0.15, 0.2) is 0 Å². The van der Waals surface area contributed by atoms with Crippen molar-refractivity contribution in [3.05, 3.63) is 0 Å². The van der Waals surface area contributed by atoms with Crippen molar-refractivity contribution in [2.24, 2.45) is 11.7 Å². The van der Waals surface area contributed by atoms with Crippen LogP contribution in [0.2, 0.25) is 0 Å². The largest absolute Gasteiger partial charge is 0.395 e. The zero-order valence-electron chi connectivity index (χ0n) is 9.33. The predicted octanol–water partition coefficient (Wildman–Crippen LogP) is 0.672. The third kappa shape index (κ3) is 3.63. The van der Waals surface area contributed by atoms with Crippen LogP contribution in [0, 0.1) is 5.92 Å². The molecule has 0 radical (unpaired) electrons. The smallest absolute Gasteiger partial charge is 0.0602 e. The second kappa shape index (κ2) is 6.35. The Bertz CT molecular complexity index is 122. The van der Waals surface area contributed by atoms with E-state index in [0.717, 1.165) is 13.1 Å². The van der Waals surface area contributed by atoms with Crippen molar-refractivity contribution < 1.29 is 5.11 Å².